The first-order chi connectivity index (χ1) is 8.22. The predicted molar refractivity (Wildman–Crippen MR) is 72.4 cm³/mol. The topological polar surface area (TPSA) is 38.5 Å². The van der Waals surface area contributed by atoms with E-state index >= 15 is 0 Å². The lowest BCUT2D eigenvalue weighted by atomic mass is 10.1. The van der Waals surface area contributed by atoms with Crippen molar-refractivity contribution < 1.29 is 4.74 Å². The van der Waals surface area contributed by atoms with Crippen LogP contribution in [-0.2, 0) is 4.74 Å². The Morgan fingerprint density at radius 1 is 1.47 bits per heavy atom. The third-order valence-electron chi connectivity index (χ3n) is 2.89. The number of nitrogens with two attached hydrogens (primary N) is 1. The zero-order chi connectivity index (χ0) is 12.7. The van der Waals surface area contributed by atoms with Gasteiger partial charge in [-0.2, -0.15) is 0 Å². The van der Waals surface area contributed by atoms with E-state index in [-0.39, 0.29) is 6.04 Å². The van der Waals surface area contributed by atoms with Crippen LogP contribution >= 0.6 is 11.6 Å². The first-order valence-corrected chi connectivity index (χ1v) is 6.29. The van der Waals surface area contributed by atoms with Crippen molar-refractivity contribution in [1.29, 1.82) is 0 Å². The SMILES string of the molecule is CCN(CCOC)C(CN)c1cccc(Cl)c1. The highest BCUT2D eigenvalue weighted by Gasteiger charge is 2.17. The fourth-order valence-electron chi connectivity index (χ4n) is 1.95. The Morgan fingerprint density at radius 3 is 2.76 bits per heavy atom. The summed E-state index contributed by atoms with van der Waals surface area (Å²) in [6, 6.07) is 8.09. The Balaban J connectivity index is 2.81. The lowest BCUT2D eigenvalue weighted by molar-refractivity contribution is 0.125. The third kappa shape index (κ3) is 4.28. The number of nitrogens with zero attached hydrogens (tertiary/aromatic N) is 1. The molecule has 1 atom stereocenters. The summed E-state index contributed by atoms with van der Waals surface area (Å²) in [7, 11) is 1.71. The molecule has 0 amide bonds. The van der Waals surface area contributed by atoms with Crippen molar-refractivity contribution in [3.8, 4) is 0 Å². The van der Waals surface area contributed by atoms with E-state index in [0.717, 1.165) is 23.7 Å². The Morgan fingerprint density at radius 2 is 2.24 bits per heavy atom. The van der Waals surface area contributed by atoms with Crippen LogP contribution in [0.2, 0.25) is 5.02 Å². The first kappa shape index (κ1) is 14.5. The van der Waals surface area contributed by atoms with Crippen LogP contribution in [0.1, 0.15) is 18.5 Å². The average Bonchev–Trinajstić information content (AvgIpc) is 2.34. The van der Waals surface area contributed by atoms with Crippen LogP contribution < -0.4 is 5.73 Å². The van der Waals surface area contributed by atoms with E-state index in [1.807, 2.05) is 18.2 Å². The molecular weight excluding hydrogens is 236 g/mol. The quantitative estimate of drug-likeness (QED) is 0.814. The second-order valence-corrected chi connectivity index (χ2v) is 4.36. The van der Waals surface area contributed by atoms with Crippen LogP contribution in [-0.4, -0.2) is 38.3 Å². The molecule has 0 aliphatic rings. The smallest absolute Gasteiger partial charge is 0.0589 e. The largest absolute Gasteiger partial charge is 0.383 e. The second-order valence-electron chi connectivity index (χ2n) is 3.93. The van der Waals surface area contributed by atoms with Crippen molar-refractivity contribution >= 4 is 11.6 Å². The Bertz CT molecular complexity index is 333. The van der Waals surface area contributed by atoms with Crippen LogP contribution in [0.15, 0.2) is 24.3 Å². The maximum atomic E-state index is 6.01. The molecule has 2 N–H and O–H groups in total. The van der Waals surface area contributed by atoms with Crippen LogP contribution in [0.4, 0.5) is 0 Å². The maximum absolute atomic E-state index is 6.01. The maximum Gasteiger partial charge on any atom is 0.0589 e. The van der Waals surface area contributed by atoms with Crippen molar-refractivity contribution in [1.82, 2.24) is 4.90 Å². The van der Waals surface area contributed by atoms with Gasteiger partial charge < -0.3 is 10.5 Å². The number of halogens is 1. The summed E-state index contributed by atoms with van der Waals surface area (Å²) in [5.74, 6) is 0. The molecule has 0 aliphatic carbocycles. The molecule has 0 radical (unpaired) electrons. The molecule has 0 aromatic heterocycles. The van der Waals surface area contributed by atoms with Crippen molar-refractivity contribution in [3.63, 3.8) is 0 Å². The van der Waals surface area contributed by atoms with Crippen molar-refractivity contribution in [3.05, 3.63) is 34.9 Å². The Kier molecular flexibility index (Phi) is 6.52. The lowest BCUT2D eigenvalue weighted by Crippen LogP contribution is -2.35. The standard InChI is InChI=1S/C13H21ClN2O/c1-3-16(7-8-17-2)13(10-15)11-5-4-6-12(14)9-11/h4-6,9,13H,3,7-8,10,15H2,1-2H3. The van der Waals surface area contributed by atoms with E-state index in [9.17, 15) is 0 Å². The van der Waals surface area contributed by atoms with Gasteiger partial charge in [-0.15, -0.1) is 0 Å². The summed E-state index contributed by atoms with van der Waals surface area (Å²) >= 11 is 6.01. The highest BCUT2D eigenvalue weighted by Crippen LogP contribution is 2.22. The highest BCUT2D eigenvalue weighted by atomic mass is 35.5. The molecular formula is C13H21ClN2O. The number of rotatable bonds is 7. The molecule has 96 valence electrons. The summed E-state index contributed by atoms with van der Waals surface area (Å²) in [6.45, 7) is 5.24. The number of methoxy groups -OCH3 is 1. The summed E-state index contributed by atoms with van der Waals surface area (Å²) in [6.07, 6.45) is 0. The summed E-state index contributed by atoms with van der Waals surface area (Å²) in [5, 5.41) is 0.753. The molecule has 17 heavy (non-hydrogen) atoms. The van der Waals surface area contributed by atoms with Crippen LogP contribution in [0.5, 0.6) is 0 Å². The summed E-state index contributed by atoms with van der Waals surface area (Å²) in [4.78, 5) is 2.30. The molecule has 1 aromatic rings. The minimum atomic E-state index is 0.203. The molecule has 0 heterocycles. The highest BCUT2D eigenvalue weighted by molar-refractivity contribution is 6.30. The van der Waals surface area contributed by atoms with Crippen molar-refractivity contribution in [2.24, 2.45) is 5.73 Å². The zero-order valence-electron chi connectivity index (χ0n) is 10.5. The van der Waals surface area contributed by atoms with Crippen molar-refractivity contribution in [2.75, 3.05) is 33.4 Å². The zero-order valence-corrected chi connectivity index (χ0v) is 11.3. The summed E-state index contributed by atoms with van der Waals surface area (Å²) < 4.78 is 5.12. The molecule has 1 unspecified atom stereocenters. The fourth-order valence-corrected chi connectivity index (χ4v) is 2.15. The van der Waals surface area contributed by atoms with Gasteiger partial charge in [0.25, 0.3) is 0 Å². The second kappa shape index (κ2) is 7.67. The molecule has 0 aliphatic heterocycles. The summed E-state index contributed by atoms with van der Waals surface area (Å²) in [5.41, 5.74) is 7.04. The molecule has 3 nitrogen and oxygen atoms in total. The molecule has 1 rings (SSSR count). The van der Waals surface area contributed by atoms with Crippen LogP contribution in [0.3, 0.4) is 0 Å². The van der Waals surface area contributed by atoms with Gasteiger partial charge in [-0.1, -0.05) is 30.7 Å². The van der Waals surface area contributed by atoms with Gasteiger partial charge >= 0.3 is 0 Å². The van der Waals surface area contributed by atoms with E-state index in [0.29, 0.717) is 13.2 Å². The predicted octanol–water partition coefficient (Wildman–Crippen LogP) is 2.31. The Hall–Kier alpha value is -0.610. The number of likely N-dealkylation sites (N-methyl/N-ethyl adjacent to an activating group) is 1. The first-order valence-electron chi connectivity index (χ1n) is 5.91. The molecule has 0 spiro atoms. The normalized spacial score (nSPS) is 13.0. The van der Waals surface area contributed by atoms with Gasteiger partial charge in [-0.05, 0) is 24.2 Å². The van der Waals surface area contributed by atoms with E-state index in [4.69, 9.17) is 22.1 Å². The molecule has 0 saturated carbocycles. The van der Waals surface area contributed by atoms with Gasteiger partial charge in [-0.25, -0.2) is 0 Å². The van der Waals surface area contributed by atoms with Crippen molar-refractivity contribution in [2.45, 2.75) is 13.0 Å². The van der Waals surface area contributed by atoms with E-state index < -0.39 is 0 Å². The fraction of sp³-hybridized carbons (Fsp3) is 0.538. The molecule has 1 aromatic carbocycles. The van der Waals surface area contributed by atoms with Gasteiger partial charge in [0, 0.05) is 31.3 Å². The molecule has 0 saturated heterocycles. The third-order valence-corrected chi connectivity index (χ3v) is 3.12. The average molecular weight is 257 g/mol. The van der Waals surface area contributed by atoms with Crippen LogP contribution in [0, 0.1) is 0 Å². The van der Waals surface area contributed by atoms with Gasteiger partial charge in [0.15, 0.2) is 0 Å². The van der Waals surface area contributed by atoms with Gasteiger partial charge in [0.2, 0.25) is 0 Å². The Labute approximate surface area is 109 Å². The van der Waals surface area contributed by atoms with E-state index in [1.165, 1.54) is 0 Å². The number of hydrogen-bond acceptors (Lipinski definition) is 3. The minimum absolute atomic E-state index is 0.203. The lowest BCUT2D eigenvalue weighted by Gasteiger charge is -2.30. The molecule has 0 fully saturated rings. The van der Waals surface area contributed by atoms with E-state index in [2.05, 4.69) is 17.9 Å². The van der Waals surface area contributed by atoms with Gasteiger partial charge in [-0.3, -0.25) is 4.90 Å². The molecule has 4 heteroatoms. The monoisotopic (exact) mass is 256 g/mol. The minimum Gasteiger partial charge on any atom is -0.383 e. The van der Waals surface area contributed by atoms with Crippen LogP contribution in [0.25, 0.3) is 0 Å². The molecule has 0 bridgehead atoms. The number of benzene rings is 1. The number of hydrogen-bond donors (Lipinski definition) is 1. The van der Waals surface area contributed by atoms with Gasteiger partial charge in [0.05, 0.1) is 6.61 Å². The van der Waals surface area contributed by atoms with Gasteiger partial charge in [0.1, 0.15) is 0 Å². The van der Waals surface area contributed by atoms with E-state index in [1.54, 1.807) is 7.11 Å². The number of ether oxygens (including phenoxy) is 1.